The van der Waals surface area contributed by atoms with Crippen LogP contribution in [0.1, 0.15) is 23.6 Å². The quantitative estimate of drug-likeness (QED) is 0.632. The summed E-state index contributed by atoms with van der Waals surface area (Å²) in [7, 11) is 0. The maximum absolute atomic E-state index is 9.54. The van der Waals surface area contributed by atoms with Gasteiger partial charge < -0.3 is 15.5 Å². The van der Waals surface area contributed by atoms with Crippen LogP contribution in [0.4, 0.5) is 0 Å². The van der Waals surface area contributed by atoms with E-state index in [1.54, 1.807) is 12.1 Å². The van der Waals surface area contributed by atoms with Crippen molar-refractivity contribution in [3.63, 3.8) is 0 Å². The molecule has 1 aliphatic heterocycles. The zero-order valence-corrected chi connectivity index (χ0v) is 7.33. The van der Waals surface area contributed by atoms with Crippen LogP contribution in [-0.4, -0.2) is 16.8 Å². The highest BCUT2D eigenvalue weighted by Gasteiger charge is 2.21. The van der Waals surface area contributed by atoms with E-state index in [0.717, 1.165) is 24.1 Å². The maximum atomic E-state index is 9.54. The van der Waals surface area contributed by atoms with Gasteiger partial charge in [0.1, 0.15) is 5.75 Å². The Morgan fingerprint density at radius 3 is 2.77 bits per heavy atom. The van der Waals surface area contributed by atoms with Crippen molar-refractivity contribution >= 4 is 0 Å². The molecule has 1 heterocycles. The van der Waals surface area contributed by atoms with E-state index >= 15 is 0 Å². The highest BCUT2D eigenvalue weighted by Crippen LogP contribution is 2.30. The Bertz CT molecular complexity index is 308. The van der Waals surface area contributed by atoms with E-state index in [0.29, 0.717) is 5.75 Å². The number of hydrogen-bond acceptors (Lipinski definition) is 3. The number of phenolic OH excluding ortho intramolecular Hbond substituents is 1. The molecule has 0 amide bonds. The SMILES string of the molecule is OCc1ccc(O)c([C@@H]2CCN2)c1. The molecule has 3 heteroatoms. The van der Waals surface area contributed by atoms with Crippen LogP contribution in [0.3, 0.4) is 0 Å². The van der Waals surface area contributed by atoms with E-state index in [1.165, 1.54) is 0 Å². The normalized spacial score (nSPS) is 21.2. The fraction of sp³-hybridized carbons (Fsp3) is 0.400. The minimum atomic E-state index is 0.0278. The summed E-state index contributed by atoms with van der Waals surface area (Å²) in [6.45, 7) is 1.04. The van der Waals surface area contributed by atoms with E-state index in [2.05, 4.69) is 5.32 Å². The van der Waals surface area contributed by atoms with Gasteiger partial charge in [0.05, 0.1) is 6.61 Å². The molecule has 1 aliphatic rings. The number of aromatic hydroxyl groups is 1. The lowest BCUT2D eigenvalue weighted by atomic mass is 9.95. The molecule has 1 aromatic carbocycles. The number of nitrogens with one attached hydrogen (secondary N) is 1. The van der Waals surface area contributed by atoms with Gasteiger partial charge >= 0.3 is 0 Å². The number of rotatable bonds is 2. The van der Waals surface area contributed by atoms with Crippen molar-refractivity contribution in [3.05, 3.63) is 29.3 Å². The number of aliphatic hydroxyl groups excluding tert-OH is 1. The van der Waals surface area contributed by atoms with Crippen molar-refractivity contribution in [2.75, 3.05) is 6.54 Å². The molecule has 70 valence electrons. The molecule has 1 saturated heterocycles. The molecule has 0 aromatic heterocycles. The predicted octanol–water partition coefficient (Wildman–Crippen LogP) is 0.919. The average molecular weight is 179 g/mol. The molecular weight excluding hydrogens is 166 g/mol. The molecule has 1 aromatic rings. The van der Waals surface area contributed by atoms with E-state index in [1.807, 2.05) is 6.07 Å². The van der Waals surface area contributed by atoms with Crippen molar-refractivity contribution in [2.24, 2.45) is 0 Å². The van der Waals surface area contributed by atoms with Crippen LogP contribution in [0.15, 0.2) is 18.2 Å². The summed E-state index contributed by atoms with van der Waals surface area (Å²) in [5.41, 5.74) is 1.75. The van der Waals surface area contributed by atoms with Gasteiger partial charge in [0, 0.05) is 11.6 Å². The third kappa shape index (κ3) is 1.53. The Kier molecular flexibility index (Phi) is 2.20. The molecule has 3 nitrogen and oxygen atoms in total. The second-order valence-electron chi connectivity index (χ2n) is 3.35. The summed E-state index contributed by atoms with van der Waals surface area (Å²) >= 11 is 0. The first kappa shape index (κ1) is 8.53. The Labute approximate surface area is 77.0 Å². The second kappa shape index (κ2) is 3.36. The fourth-order valence-corrected chi connectivity index (χ4v) is 1.54. The molecule has 13 heavy (non-hydrogen) atoms. The molecule has 0 bridgehead atoms. The lowest BCUT2D eigenvalue weighted by Crippen LogP contribution is -2.35. The lowest BCUT2D eigenvalue weighted by molar-refractivity contribution is 0.281. The van der Waals surface area contributed by atoms with Crippen LogP contribution in [-0.2, 0) is 6.61 Å². The monoisotopic (exact) mass is 179 g/mol. The van der Waals surface area contributed by atoms with Gasteiger partial charge in [0.25, 0.3) is 0 Å². The van der Waals surface area contributed by atoms with Crippen LogP contribution in [0, 0.1) is 0 Å². The molecule has 1 fully saturated rings. The van der Waals surface area contributed by atoms with Gasteiger partial charge in [0.2, 0.25) is 0 Å². The average Bonchev–Trinajstić information content (AvgIpc) is 2.06. The zero-order chi connectivity index (χ0) is 9.26. The number of hydrogen-bond donors (Lipinski definition) is 3. The Morgan fingerprint density at radius 2 is 2.23 bits per heavy atom. The number of aliphatic hydroxyl groups is 1. The zero-order valence-electron chi connectivity index (χ0n) is 7.33. The van der Waals surface area contributed by atoms with Crippen molar-refractivity contribution < 1.29 is 10.2 Å². The summed E-state index contributed by atoms with van der Waals surface area (Å²) < 4.78 is 0. The van der Waals surface area contributed by atoms with Crippen molar-refractivity contribution in [3.8, 4) is 5.75 Å². The third-order valence-electron chi connectivity index (χ3n) is 2.47. The molecule has 0 spiro atoms. The number of phenols is 1. The van der Waals surface area contributed by atoms with Crippen molar-refractivity contribution in [2.45, 2.75) is 19.1 Å². The van der Waals surface area contributed by atoms with Gasteiger partial charge in [-0.2, -0.15) is 0 Å². The van der Waals surface area contributed by atoms with Gasteiger partial charge in [-0.15, -0.1) is 0 Å². The Morgan fingerprint density at radius 1 is 1.46 bits per heavy atom. The van der Waals surface area contributed by atoms with Crippen molar-refractivity contribution in [1.82, 2.24) is 5.32 Å². The van der Waals surface area contributed by atoms with E-state index < -0.39 is 0 Å². The van der Waals surface area contributed by atoms with Gasteiger partial charge in [-0.05, 0) is 30.7 Å². The second-order valence-corrected chi connectivity index (χ2v) is 3.35. The Balaban J connectivity index is 2.30. The summed E-state index contributed by atoms with van der Waals surface area (Å²) in [6.07, 6.45) is 1.06. The largest absolute Gasteiger partial charge is 0.508 e. The summed E-state index contributed by atoms with van der Waals surface area (Å²) in [6, 6.07) is 5.50. The third-order valence-corrected chi connectivity index (χ3v) is 2.47. The van der Waals surface area contributed by atoms with Crippen LogP contribution in [0.2, 0.25) is 0 Å². The summed E-state index contributed by atoms with van der Waals surface area (Å²) in [5.74, 6) is 0.314. The number of benzene rings is 1. The molecule has 2 rings (SSSR count). The van der Waals surface area contributed by atoms with Gasteiger partial charge in [-0.1, -0.05) is 6.07 Å². The van der Waals surface area contributed by atoms with Gasteiger partial charge in [-0.3, -0.25) is 0 Å². The van der Waals surface area contributed by atoms with E-state index in [-0.39, 0.29) is 12.6 Å². The molecule has 0 aliphatic carbocycles. The Hall–Kier alpha value is -1.06. The maximum Gasteiger partial charge on any atom is 0.120 e. The lowest BCUT2D eigenvalue weighted by Gasteiger charge is -2.28. The van der Waals surface area contributed by atoms with Gasteiger partial charge in [-0.25, -0.2) is 0 Å². The first-order valence-corrected chi connectivity index (χ1v) is 4.47. The summed E-state index contributed by atoms with van der Waals surface area (Å²) in [5, 5.41) is 21.7. The smallest absolute Gasteiger partial charge is 0.120 e. The topological polar surface area (TPSA) is 52.5 Å². The van der Waals surface area contributed by atoms with Crippen LogP contribution < -0.4 is 5.32 Å². The summed E-state index contributed by atoms with van der Waals surface area (Å²) in [4.78, 5) is 0. The van der Waals surface area contributed by atoms with E-state index in [4.69, 9.17) is 5.11 Å². The van der Waals surface area contributed by atoms with Gasteiger partial charge in [0.15, 0.2) is 0 Å². The minimum Gasteiger partial charge on any atom is -0.508 e. The highest BCUT2D eigenvalue weighted by molar-refractivity contribution is 5.39. The van der Waals surface area contributed by atoms with Crippen LogP contribution >= 0.6 is 0 Å². The molecular formula is C10H13NO2. The molecule has 0 saturated carbocycles. The fourth-order valence-electron chi connectivity index (χ4n) is 1.54. The van der Waals surface area contributed by atoms with E-state index in [9.17, 15) is 5.11 Å². The molecule has 0 unspecified atom stereocenters. The van der Waals surface area contributed by atoms with Crippen molar-refractivity contribution in [1.29, 1.82) is 0 Å². The molecule has 3 N–H and O–H groups in total. The van der Waals surface area contributed by atoms with Crippen LogP contribution in [0.25, 0.3) is 0 Å². The van der Waals surface area contributed by atoms with Crippen LogP contribution in [0.5, 0.6) is 5.75 Å². The highest BCUT2D eigenvalue weighted by atomic mass is 16.3. The molecule has 0 radical (unpaired) electrons. The first-order chi connectivity index (χ1) is 6.31. The first-order valence-electron chi connectivity index (χ1n) is 4.47. The minimum absolute atomic E-state index is 0.0278. The standard InChI is InChI=1S/C10H13NO2/c12-6-7-1-2-10(13)8(5-7)9-3-4-11-9/h1-2,5,9,11-13H,3-4,6H2/t9-/m0/s1. The molecule has 1 atom stereocenters. The predicted molar refractivity (Wildman–Crippen MR) is 49.4 cm³/mol.